The highest BCUT2D eigenvalue weighted by atomic mass is 28.4. The standard InChI is InChI=1S/C18H38O3Si/c1-13(2)12-15(21-22(8,9)18(5,6)7)10-11-16(14(3)4)17(19)20/h13-16H,10-12H2,1-9H3,(H,19,20)/t15-,16-/m0/s1. The predicted octanol–water partition coefficient (Wildman–Crippen LogP) is 5.56. The molecule has 0 rings (SSSR count). The molecule has 0 saturated carbocycles. The molecule has 0 spiro atoms. The molecule has 0 aromatic rings. The normalized spacial score (nSPS) is 16.1. The van der Waals surface area contributed by atoms with Crippen molar-refractivity contribution < 1.29 is 14.3 Å². The molecule has 0 aliphatic heterocycles. The van der Waals surface area contributed by atoms with Gasteiger partial charge in [-0.2, -0.15) is 0 Å². The first kappa shape index (κ1) is 21.6. The maximum Gasteiger partial charge on any atom is 0.306 e. The second-order valence-corrected chi connectivity index (χ2v) is 13.7. The third-order valence-electron chi connectivity index (χ3n) is 4.92. The van der Waals surface area contributed by atoms with E-state index in [1.54, 1.807) is 0 Å². The zero-order valence-electron chi connectivity index (χ0n) is 16.2. The third kappa shape index (κ3) is 7.27. The Hall–Kier alpha value is -0.353. The molecule has 0 heterocycles. The van der Waals surface area contributed by atoms with Crippen LogP contribution in [0.15, 0.2) is 0 Å². The smallest absolute Gasteiger partial charge is 0.306 e. The Bertz CT molecular complexity index is 343. The van der Waals surface area contributed by atoms with Gasteiger partial charge in [-0.25, -0.2) is 0 Å². The van der Waals surface area contributed by atoms with Crippen LogP contribution in [0.25, 0.3) is 0 Å². The summed E-state index contributed by atoms with van der Waals surface area (Å²) in [6.45, 7) is 19.7. The highest BCUT2D eigenvalue weighted by Gasteiger charge is 2.39. The molecule has 1 N–H and O–H groups in total. The minimum absolute atomic E-state index is 0.171. The summed E-state index contributed by atoms with van der Waals surface area (Å²) in [6.07, 6.45) is 2.75. The monoisotopic (exact) mass is 330 g/mol. The Kier molecular flexibility index (Phi) is 8.35. The Morgan fingerprint density at radius 2 is 1.59 bits per heavy atom. The van der Waals surface area contributed by atoms with Crippen molar-refractivity contribution in [3.63, 3.8) is 0 Å². The van der Waals surface area contributed by atoms with E-state index in [4.69, 9.17) is 4.43 Å². The van der Waals surface area contributed by atoms with Crippen LogP contribution in [0, 0.1) is 17.8 Å². The van der Waals surface area contributed by atoms with Gasteiger partial charge in [0, 0.05) is 6.10 Å². The van der Waals surface area contributed by atoms with Gasteiger partial charge in [0.25, 0.3) is 0 Å². The number of rotatable bonds is 9. The SMILES string of the molecule is CC(C)C[C@H](CC[C@H](C(=O)O)C(C)C)O[Si](C)(C)C(C)(C)C. The van der Waals surface area contributed by atoms with Crippen molar-refractivity contribution in [2.45, 2.75) is 92.0 Å². The van der Waals surface area contributed by atoms with Crippen molar-refractivity contribution in [1.29, 1.82) is 0 Å². The maximum absolute atomic E-state index is 11.4. The van der Waals surface area contributed by atoms with Gasteiger partial charge in [0.15, 0.2) is 8.32 Å². The van der Waals surface area contributed by atoms with Crippen LogP contribution in [0.4, 0.5) is 0 Å². The molecule has 22 heavy (non-hydrogen) atoms. The summed E-state index contributed by atoms with van der Waals surface area (Å²) in [6, 6.07) is 0. The quantitative estimate of drug-likeness (QED) is 0.563. The van der Waals surface area contributed by atoms with Gasteiger partial charge in [0.1, 0.15) is 0 Å². The van der Waals surface area contributed by atoms with Crippen LogP contribution >= 0.6 is 0 Å². The van der Waals surface area contributed by atoms with E-state index < -0.39 is 14.3 Å². The summed E-state index contributed by atoms with van der Waals surface area (Å²) in [5, 5.41) is 9.56. The molecule has 0 unspecified atom stereocenters. The summed E-state index contributed by atoms with van der Waals surface area (Å²) >= 11 is 0. The van der Waals surface area contributed by atoms with Crippen molar-refractivity contribution in [2.24, 2.45) is 17.8 Å². The zero-order chi connectivity index (χ0) is 17.7. The Morgan fingerprint density at radius 1 is 1.09 bits per heavy atom. The highest BCUT2D eigenvalue weighted by Crippen LogP contribution is 2.38. The van der Waals surface area contributed by atoms with Crippen LogP contribution in [0.5, 0.6) is 0 Å². The minimum Gasteiger partial charge on any atom is -0.481 e. The first-order valence-electron chi connectivity index (χ1n) is 8.68. The number of carboxylic acids is 1. The molecule has 0 saturated heterocycles. The summed E-state index contributed by atoms with van der Waals surface area (Å²) in [7, 11) is -1.81. The Balaban J connectivity index is 4.89. The van der Waals surface area contributed by atoms with E-state index in [0.29, 0.717) is 12.3 Å². The topological polar surface area (TPSA) is 46.5 Å². The number of hydrogen-bond donors (Lipinski definition) is 1. The molecule has 0 bridgehead atoms. The lowest BCUT2D eigenvalue weighted by atomic mass is 9.89. The van der Waals surface area contributed by atoms with Gasteiger partial charge >= 0.3 is 5.97 Å². The van der Waals surface area contributed by atoms with E-state index in [1.807, 2.05) is 13.8 Å². The van der Waals surface area contributed by atoms with Crippen LogP contribution < -0.4 is 0 Å². The fourth-order valence-corrected chi connectivity index (χ4v) is 3.85. The summed E-state index contributed by atoms with van der Waals surface area (Å²) in [4.78, 5) is 11.4. The molecule has 0 amide bonds. The number of aliphatic carboxylic acids is 1. The molecule has 2 atom stereocenters. The lowest BCUT2D eigenvalue weighted by Crippen LogP contribution is -2.44. The number of carboxylic acid groups (broad SMARTS) is 1. The van der Waals surface area contributed by atoms with E-state index in [2.05, 4.69) is 47.7 Å². The van der Waals surface area contributed by atoms with Crippen molar-refractivity contribution in [3.05, 3.63) is 0 Å². The summed E-state index contributed by atoms with van der Waals surface area (Å²) < 4.78 is 6.57. The van der Waals surface area contributed by atoms with E-state index in [-0.39, 0.29) is 23.0 Å². The van der Waals surface area contributed by atoms with Crippen molar-refractivity contribution in [2.75, 3.05) is 0 Å². The lowest BCUT2D eigenvalue weighted by molar-refractivity contribution is -0.143. The molecule has 0 aromatic heterocycles. The molecule has 0 radical (unpaired) electrons. The molecule has 3 nitrogen and oxygen atoms in total. The van der Waals surface area contributed by atoms with E-state index in [9.17, 15) is 9.90 Å². The fraction of sp³-hybridized carbons (Fsp3) is 0.944. The first-order valence-corrected chi connectivity index (χ1v) is 11.6. The minimum atomic E-state index is -1.81. The van der Waals surface area contributed by atoms with Crippen LogP contribution in [0.2, 0.25) is 18.1 Å². The average Bonchev–Trinajstić information content (AvgIpc) is 2.24. The van der Waals surface area contributed by atoms with Crippen molar-refractivity contribution >= 4 is 14.3 Å². The summed E-state index contributed by atoms with van der Waals surface area (Å²) in [5.41, 5.74) is 0. The average molecular weight is 331 g/mol. The molecule has 0 aliphatic carbocycles. The van der Waals surface area contributed by atoms with Crippen LogP contribution in [-0.2, 0) is 9.22 Å². The Morgan fingerprint density at radius 3 is 1.91 bits per heavy atom. The number of hydrogen-bond acceptors (Lipinski definition) is 2. The van der Waals surface area contributed by atoms with Crippen molar-refractivity contribution in [3.8, 4) is 0 Å². The number of carbonyl (C=O) groups is 1. The second-order valence-electron chi connectivity index (χ2n) is 8.90. The summed E-state index contributed by atoms with van der Waals surface area (Å²) in [5.74, 6) is -0.203. The van der Waals surface area contributed by atoms with Crippen LogP contribution in [-0.4, -0.2) is 25.5 Å². The first-order chi connectivity index (χ1) is 9.78. The van der Waals surface area contributed by atoms with Gasteiger partial charge in [-0.3, -0.25) is 4.79 Å². The second kappa shape index (κ2) is 8.49. The van der Waals surface area contributed by atoms with Crippen LogP contribution in [0.1, 0.15) is 67.7 Å². The van der Waals surface area contributed by atoms with E-state index >= 15 is 0 Å². The highest BCUT2D eigenvalue weighted by molar-refractivity contribution is 6.74. The fourth-order valence-electron chi connectivity index (χ4n) is 2.45. The van der Waals surface area contributed by atoms with E-state index in [1.165, 1.54) is 0 Å². The van der Waals surface area contributed by atoms with Gasteiger partial charge in [-0.05, 0) is 49.2 Å². The van der Waals surface area contributed by atoms with Gasteiger partial charge in [0.2, 0.25) is 0 Å². The van der Waals surface area contributed by atoms with E-state index in [0.717, 1.165) is 12.8 Å². The molecule has 0 aliphatic rings. The van der Waals surface area contributed by atoms with Gasteiger partial charge in [0.05, 0.1) is 5.92 Å². The molecular formula is C18H38O3Si. The third-order valence-corrected chi connectivity index (χ3v) is 9.46. The molecular weight excluding hydrogens is 292 g/mol. The molecule has 0 fully saturated rings. The van der Waals surface area contributed by atoms with Crippen molar-refractivity contribution in [1.82, 2.24) is 0 Å². The molecule has 0 aromatic carbocycles. The van der Waals surface area contributed by atoms with Gasteiger partial charge in [-0.15, -0.1) is 0 Å². The largest absolute Gasteiger partial charge is 0.481 e. The Labute approximate surface area is 139 Å². The molecule has 4 heteroatoms. The van der Waals surface area contributed by atoms with Crippen LogP contribution in [0.3, 0.4) is 0 Å². The van der Waals surface area contributed by atoms with Gasteiger partial charge < -0.3 is 9.53 Å². The molecule has 132 valence electrons. The van der Waals surface area contributed by atoms with Gasteiger partial charge in [-0.1, -0.05) is 48.5 Å². The maximum atomic E-state index is 11.4. The lowest BCUT2D eigenvalue weighted by Gasteiger charge is -2.40. The zero-order valence-corrected chi connectivity index (χ0v) is 17.2. The predicted molar refractivity (Wildman–Crippen MR) is 96.7 cm³/mol.